The zero-order valence-electron chi connectivity index (χ0n) is 32.7. The quantitative estimate of drug-likeness (QED) is 0.0552. The Labute approximate surface area is 324 Å². The van der Waals surface area contributed by atoms with Crippen LogP contribution in [0.3, 0.4) is 0 Å². The number of guanidine groups is 1. The zero-order valence-corrected chi connectivity index (χ0v) is 32.7. The summed E-state index contributed by atoms with van der Waals surface area (Å²) in [5.74, 6) is -9.46. The number of aliphatic hydroxyl groups excluding tert-OH is 2. The van der Waals surface area contributed by atoms with Crippen molar-refractivity contribution in [1.29, 1.82) is 0 Å². The van der Waals surface area contributed by atoms with Crippen LogP contribution in [0, 0.1) is 30.6 Å². The van der Waals surface area contributed by atoms with Gasteiger partial charge in [-0.25, -0.2) is 0 Å². The molecule has 56 heavy (non-hydrogen) atoms. The van der Waals surface area contributed by atoms with Gasteiger partial charge in [-0.2, -0.15) is 5.10 Å². The summed E-state index contributed by atoms with van der Waals surface area (Å²) in [7, 11) is 1.41. The van der Waals surface area contributed by atoms with Crippen LogP contribution in [0.1, 0.15) is 70.0 Å². The Bertz CT molecular complexity index is 2040. The number of ketones is 1. The Kier molecular flexibility index (Phi) is 13.1. The van der Waals surface area contributed by atoms with Crippen LogP contribution in [-0.2, 0) is 23.8 Å². The van der Waals surface area contributed by atoms with E-state index in [1.165, 1.54) is 53.0 Å². The van der Waals surface area contributed by atoms with Crippen LogP contribution in [-0.4, -0.2) is 92.7 Å². The molecule has 0 aromatic heterocycles. The number of benzene rings is 2. The molecule has 0 aliphatic carbocycles. The summed E-state index contributed by atoms with van der Waals surface area (Å²) in [4.78, 5) is 40.1. The fraction of sp³-hybridized carbons (Fsp3) is 0.462. The number of rotatable bonds is 4. The van der Waals surface area contributed by atoms with E-state index in [1.807, 2.05) is 0 Å². The molecule has 0 saturated heterocycles. The summed E-state index contributed by atoms with van der Waals surface area (Å²) < 4.78 is 23.3. The number of aromatic hydroxyl groups is 3. The number of anilines is 1. The molecule has 0 fully saturated rings. The molecule has 1 amide bonds. The topological polar surface area (TPSA) is 278 Å². The molecule has 0 saturated carbocycles. The van der Waals surface area contributed by atoms with Crippen molar-refractivity contribution in [3.8, 4) is 23.0 Å². The number of hydrogen-bond acceptors (Lipinski definition) is 14. The number of aliphatic hydroxyl groups is 2. The first kappa shape index (κ1) is 43.1. The SMILES string of the molecule is CO[C@H]1/C=C/O[C@@]2(C)Oc3c(C)c(O)c4c(O)c(c(/C=N/N=C(N)N)c(O)c4c3C2=O)NC(=O)/C(C)=C/C=C/[C@H](C)[C@H](O)[C@@H](C)[C@@H](O)[C@@H](C)[C@H](OC(C)=O)[C@@H]1C. The number of phenolic OH excluding ortho intramolecular Hbond substituents is 3. The van der Waals surface area contributed by atoms with Crippen LogP contribution >= 0.6 is 0 Å². The molecule has 0 unspecified atom stereocenters. The summed E-state index contributed by atoms with van der Waals surface area (Å²) >= 11 is 0. The summed E-state index contributed by atoms with van der Waals surface area (Å²) in [5.41, 5.74) is 9.94. The summed E-state index contributed by atoms with van der Waals surface area (Å²) in [6, 6.07) is 0. The van der Waals surface area contributed by atoms with Gasteiger partial charge in [-0.1, -0.05) is 45.9 Å². The molecular weight excluding hydrogens is 730 g/mol. The van der Waals surface area contributed by atoms with Gasteiger partial charge in [-0.3, -0.25) is 14.4 Å². The van der Waals surface area contributed by atoms with Crippen LogP contribution in [0.2, 0.25) is 0 Å². The molecule has 9 atom stereocenters. The number of fused-ring (bicyclic) bond motifs is 14. The van der Waals surface area contributed by atoms with Crippen LogP contribution in [0.25, 0.3) is 10.8 Å². The Morgan fingerprint density at radius 1 is 0.964 bits per heavy atom. The molecule has 5 rings (SSSR count). The zero-order chi connectivity index (χ0) is 42.0. The van der Waals surface area contributed by atoms with Crippen LogP contribution in [0.4, 0.5) is 5.69 Å². The lowest BCUT2D eigenvalue weighted by molar-refractivity contribution is -0.160. The maximum atomic E-state index is 14.3. The van der Waals surface area contributed by atoms with Crippen molar-refractivity contribution >= 4 is 46.3 Å². The Morgan fingerprint density at radius 3 is 2.23 bits per heavy atom. The molecule has 2 aromatic carbocycles. The molecule has 0 radical (unpaired) electrons. The molecule has 0 spiro atoms. The van der Waals surface area contributed by atoms with E-state index in [0.29, 0.717) is 0 Å². The number of carbonyl (C=O) groups excluding carboxylic acids is 3. The number of Topliss-reactive ketones (excluding diaryl/α,β-unsaturated/α-hetero) is 1. The fourth-order valence-electron chi connectivity index (χ4n) is 7.03. The third kappa shape index (κ3) is 8.29. The number of amides is 1. The standard InChI is InChI=1S/C39H51N5O12/c1-16-11-10-12-17(2)37(52)43-28-23(15-42-44-38(40)41)32(49)25-26(33(28)50)31(48)21(6)35-27(25)36(51)39(8,56-35)54-14-13-24(53-9)18(3)34(55-22(7)45)20(5)30(47)19(4)29(16)46/h10-16,18-20,24,29-30,34,46-50H,1-9H3,(H,43,52)(H4,40,41,44)/b11-10+,14-13+,17-12+,42-15+/t16-,18+,19+,20+,24-,29-,30+,34+,39-/m0/s1. The summed E-state index contributed by atoms with van der Waals surface area (Å²) in [6.45, 7) is 12.3. The summed E-state index contributed by atoms with van der Waals surface area (Å²) in [5, 5.41) is 66.7. The van der Waals surface area contributed by atoms with E-state index in [9.17, 15) is 39.9 Å². The minimum absolute atomic E-state index is 0.00323. The minimum Gasteiger partial charge on any atom is -0.507 e. The van der Waals surface area contributed by atoms with Crippen molar-refractivity contribution in [2.75, 3.05) is 12.4 Å². The van der Waals surface area contributed by atoms with Gasteiger partial charge in [0, 0.05) is 61.2 Å². The Balaban J connectivity index is 1.99. The van der Waals surface area contributed by atoms with E-state index in [2.05, 4.69) is 15.5 Å². The monoisotopic (exact) mass is 781 g/mol. The van der Waals surface area contributed by atoms with Crippen molar-refractivity contribution in [1.82, 2.24) is 0 Å². The average molecular weight is 782 g/mol. The molecule has 5 bridgehead atoms. The minimum atomic E-state index is -2.09. The molecule has 3 aliphatic rings. The number of methoxy groups -OCH3 is 1. The van der Waals surface area contributed by atoms with E-state index in [-0.39, 0.29) is 33.4 Å². The number of ether oxygens (including phenoxy) is 4. The first-order valence-electron chi connectivity index (χ1n) is 17.9. The second-order valence-corrected chi connectivity index (χ2v) is 14.4. The molecule has 2 aromatic rings. The molecule has 304 valence electrons. The average Bonchev–Trinajstić information content (AvgIpc) is 3.41. The van der Waals surface area contributed by atoms with E-state index >= 15 is 0 Å². The van der Waals surface area contributed by atoms with Crippen molar-refractivity contribution in [3.63, 3.8) is 0 Å². The van der Waals surface area contributed by atoms with Gasteiger partial charge in [-0.05, 0) is 19.9 Å². The van der Waals surface area contributed by atoms with Crippen molar-refractivity contribution in [2.24, 2.45) is 45.3 Å². The second-order valence-electron chi connectivity index (χ2n) is 14.4. The van der Waals surface area contributed by atoms with Gasteiger partial charge in [0.25, 0.3) is 11.7 Å². The molecular formula is C39H51N5O12. The van der Waals surface area contributed by atoms with Crippen molar-refractivity contribution in [3.05, 3.63) is 52.8 Å². The van der Waals surface area contributed by atoms with Crippen molar-refractivity contribution in [2.45, 2.75) is 85.6 Å². The van der Waals surface area contributed by atoms with Crippen molar-refractivity contribution < 1.29 is 58.9 Å². The third-order valence-corrected chi connectivity index (χ3v) is 10.4. The highest BCUT2D eigenvalue weighted by Crippen LogP contribution is 2.55. The number of carbonyl (C=O) groups is 3. The number of hydrogen-bond donors (Lipinski definition) is 8. The van der Waals surface area contributed by atoms with Gasteiger partial charge in [0.2, 0.25) is 5.96 Å². The molecule has 3 aliphatic heterocycles. The first-order valence-corrected chi connectivity index (χ1v) is 17.9. The maximum Gasteiger partial charge on any atom is 0.312 e. The predicted molar refractivity (Wildman–Crippen MR) is 207 cm³/mol. The number of nitrogens with zero attached hydrogens (tertiary/aromatic N) is 2. The Hall–Kier alpha value is -5.65. The van der Waals surface area contributed by atoms with Gasteiger partial charge in [0.15, 0.2) is 5.75 Å². The summed E-state index contributed by atoms with van der Waals surface area (Å²) in [6.07, 6.45) is 4.19. The van der Waals surface area contributed by atoms with E-state index < -0.39 is 106 Å². The number of nitrogens with one attached hydrogen (secondary N) is 1. The molecule has 3 heterocycles. The van der Waals surface area contributed by atoms with E-state index in [0.717, 1.165) is 12.5 Å². The second kappa shape index (κ2) is 17.0. The lowest BCUT2D eigenvalue weighted by Crippen LogP contribution is -2.46. The van der Waals surface area contributed by atoms with Gasteiger partial charge < -0.3 is 61.3 Å². The number of allylic oxidation sites excluding steroid dienone is 2. The highest BCUT2D eigenvalue weighted by atomic mass is 16.7. The number of esters is 1. The molecule has 10 N–H and O–H groups in total. The largest absolute Gasteiger partial charge is 0.507 e. The van der Waals surface area contributed by atoms with Gasteiger partial charge in [0.1, 0.15) is 23.4 Å². The smallest absolute Gasteiger partial charge is 0.312 e. The van der Waals surface area contributed by atoms with Gasteiger partial charge in [-0.15, -0.1) is 5.10 Å². The maximum absolute atomic E-state index is 14.3. The third-order valence-electron chi connectivity index (χ3n) is 10.4. The normalized spacial score (nSPS) is 30.9. The predicted octanol–water partition coefficient (Wildman–Crippen LogP) is 3.36. The highest BCUT2D eigenvalue weighted by Gasteiger charge is 2.50. The van der Waals surface area contributed by atoms with Crippen LogP contribution in [0.5, 0.6) is 23.0 Å². The van der Waals surface area contributed by atoms with Crippen LogP contribution < -0.4 is 21.5 Å². The lowest BCUT2D eigenvalue weighted by Gasteiger charge is -2.38. The van der Waals surface area contributed by atoms with E-state index in [4.69, 9.17) is 30.4 Å². The van der Waals surface area contributed by atoms with Crippen LogP contribution in [0.15, 0.2) is 46.3 Å². The highest BCUT2D eigenvalue weighted by molar-refractivity contribution is 6.23. The first-order chi connectivity index (χ1) is 26.2. The van der Waals surface area contributed by atoms with Gasteiger partial charge >= 0.3 is 11.8 Å². The van der Waals surface area contributed by atoms with E-state index in [1.54, 1.807) is 33.8 Å². The lowest BCUT2D eigenvalue weighted by atomic mass is 9.78. The fourth-order valence-corrected chi connectivity index (χ4v) is 7.03. The van der Waals surface area contributed by atoms with Gasteiger partial charge in [0.05, 0.1) is 53.0 Å². The Morgan fingerprint density at radius 2 is 1.62 bits per heavy atom. The number of nitrogens with two attached hydrogens (primary N) is 2. The number of phenols is 3. The molecule has 17 nitrogen and oxygen atoms in total. The molecule has 17 heteroatoms.